The molecule has 0 radical (unpaired) electrons. The molecule has 0 spiro atoms. The first-order valence-corrected chi connectivity index (χ1v) is 11.4. The first kappa shape index (κ1) is 20.3. The van der Waals surface area contributed by atoms with Gasteiger partial charge in [0.15, 0.2) is 11.0 Å². The Bertz CT molecular complexity index is 1340. The first-order valence-electron chi connectivity index (χ1n) is 10.4. The lowest BCUT2D eigenvalue weighted by Crippen LogP contribution is -2.00. The molecular formula is C24H22N6OS. The Balaban J connectivity index is 1.50. The van der Waals surface area contributed by atoms with Gasteiger partial charge in [-0.3, -0.25) is 9.55 Å². The molecule has 0 N–H and O–H groups in total. The lowest BCUT2D eigenvalue weighted by Gasteiger charge is -2.11. The van der Waals surface area contributed by atoms with Crippen LogP contribution < -0.4 is 4.74 Å². The largest absolute Gasteiger partial charge is 0.494 e. The maximum absolute atomic E-state index is 5.60. The number of aromatic nitrogens is 6. The Hall–Kier alpha value is -3.65. The summed E-state index contributed by atoms with van der Waals surface area (Å²) in [6.45, 7) is 4.68. The molecule has 4 heterocycles. The summed E-state index contributed by atoms with van der Waals surface area (Å²) in [5.74, 6) is 2.26. The van der Waals surface area contributed by atoms with Gasteiger partial charge in [-0.05, 0) is 61.9 Å². The number of aryl methyl sites for hydroxylation is 1. The Morgan fingerprint density at radius 3 is 2.66 bits per heavy atom. The highest BCUT2D eigenvalue weighted by Gasteiger charge is 2.17. The van der Waals surface area contributed by atoms with Crippen LogP contribution in [0.1, 0.15) is 18.2 Å². The zero-order valence-corrected chi connectivity index (χ0v) is 18.7. The Morgan fingerprint density at radius 2 is 1.91 bits per heavy atom. The molecule has 0 fully saturated rings. The van der Waals surface area contributed by atoms with E-state index < -0.39 is 0 Å². The van der Waals surface area contributed by atoms with E-state index in [0.717, 1.165) is 44.9 Å². The third-order valence-electron chi connectivity index (χ3n) is 5.04. The highest BCUT2D eigenvalue weighted by molar-refractivity contribution is 7.98. The number of thioether (sulfide) groups is 1. The molecule has 7 nitrogen and oxygen atoms in total. The van der Waals surface area contributed by atoms with E-state index in [2.05, 4.69) is 43.3 Å². The normalized spacial score (nSPS) is 11.2. The minimum absolute atomic E-state index is 0.631. The van der Waals surface area contributed by atoms with Crippen molar-refractivity contribution >= 4 is 17.4 Å². The molecule has 32 heavy (non-hydrogen) atoms. The minimum atomic E-state index is 0.631. The molecule has 0 aliphatic heterocycles. The number of ether oxygens (including phenoxy) is 1. The van der Waals surface area contributed by atoms with Crippen LogP contribution in [0.5, 0.6) is 5.75 Å². The predicted molar refractivity (Wildman–Crippen MR) is 125 cm³/mol. The molecule has 4 aromatic heterocycles. The van der Waals surface area contributed by atoms with Crippen molar-refractivity contribution in [1.82, 2.24) is 29.1 Å². The second-order valence-corrected chi connectivity index (χ2v) is 8.20. The van der Waals surface area contributed by atoms with E-state index in [1.54, 1.807) is 24.2 Å². The zero-order chi connectivity index (χ0) is 21.9. The lowest BCUT2D eigenvalue weighted by molar-refractivity contribution is 0.340. The monoisotopic (exact) mass is 442 g/mol. The number of fused-ring (bicyclic) bond motifs is 1. The molecule has 0 saturated carbocycles. The molecule has 5 rings (SSSR count). The Labute approximate surface area is 190 Å². The summed E-state index contributed by atoms with van der Waals surface area (Å²) in [7, 11) is 0. The zero-order valence-electron chi connectivity index (χ0n) is 17.8. The maximum Gasteiger partial charge on any atom is 0.196 e. The second-order valence-electron chi connectivity index (χ2n) is 7.25. The van der Waals surface area contributed by atoms with Crippen LogP contribution >= 0.6 is 11.8 Å². The number of pyridine rings is 2. The molecule has 5 aromatic rings. The number of imidazole rings is 1. The van der Waals surface area contributed by atoms with Crippen LogP contribution in [0, 0.1) is 6.92 Å². The number of hydrogen-bond acceptors (Lipinski definition) is 6. The molecule has 0 unspecified atom stereocenters. The molecule has 0 saturated heterocycles. The Kier molecular flexibility index (Phi) is 5.60. The van der Waals surface area contributed by atoms with Crippen molar-refractivity contribution in [2.45, 2.75) is 24.8 Å². The van der Waals surface area contributed by atoms with E-state index >= 15 is 0 Å². The highest BCUT2D eigenvalue weighted by atomic mass is 32.2. The van der Waals surface area contributed by atoms with Crippen LogP contribution in [0.25, 0.3) is 22.7 Å². The smallest absolute Gasteiger partial charge is 0.196 e. The van der Waals surface area contributed by atoms with Gasteiger partial charge >= 0.3 is 0 Å². The van der Waals surface area contributed by atoms with Gasteiger partial charge in [0.1, 0.15) is 11.4 Å². The van der Waals surface area contributed by atoms with Gasteiger partial charge in [0, 0.05) is 41.8 Å². The lowest BCUT2D eigenvalue weighted by atomic mass is 10.2. The van der Waals surface area contributed by atoms with E-state index in [1.165, 1.54) is 0 Å². The fourth-order valence-corrected chi connectivity index (χ4v) is 4.38. The quantitative estimate of drug-likeness (QED) is 0.331. The van der Waals surface area contributed by atoms with Crippen LogP contribution in [0.4, 0.5) is 0 Å². The summed E-state index contributed by atoms with van der Waals surface area (Å²) in [4.78, 5) is 9.03. The van der Waals surface area contributed by atoms with Gasteiger partial charge in [0.2, 0.25) is 0 Å². The summed E-state index contributed by atoms with van der Waals surface area (Å²) < 4.78 is 9.71. The minimum Gasteiger partial charge on any atom is -0.494 e. The summed E-state index contributed by atoms with van der Waals surface area (Å²) in [5.41, 5.74) is 5.00. The van der Waals surface area contributed by atoms with Crippen molar-refractivity contribution in [3.63, 3.8) is 0 Å². The van der Waals surface area contributed by atoms with E-state index in [1.807, 2.05) is 55.6 Å². The van der Waals surface area contributed by atoms with E-state index in [0.29, 0.717) is 12.4 Å². The standard InChI is InChI=1S/C24H22N6OS/c1-3-31-21-10-8-20(9-11-21)30-23(18-7-4-12-25-14-18)27-28-24(30)32-16-19-15-29-13-5-6-17(2)22(29)26-19/h4-15H,3,16H2,1-2H3. The molecule has 0 amide bonds. The highest BCUT2D eigenvalue weighted by Crippen LogP contribution is 2.30. The second kappa shape index (κ2) is 8.84. The molecule has 1 aromatic carbocycles. The fourth-order valence-electron chi connectivity index (χ4n) is 3.55. The topological polar surface area (TPSA) is 70.1 Å². The van der Waals surface area contributed by atoms with Crippen LogP contribution in [-0.2, 0) is 5.75 Å². The van der Waals surface area contributed by atoms with Gasteiger partial charge in [-0.25, -0.2) is 4.98 Å². The summed E-state index contributed by atoms with van der Waals surface area (Å²) >= 11 is 1.61. The third-order valence-corrected chi connectivity index (χ3v) is 6.00. The van der Waals surface area contributed by atoms with Crippen LogP contribution in [-0.4, -0.2) is 35.7 Å². The summed E-state index contributed by atoms with van der Waals surface area (Å²) in [6.07, 6.45) is 7.64. The van der Waals surface area contributed by atoms with E-state index in [-0.39, 0.29) is 0 Å². The van der Waals surface area contributed by atoms with Gasteiger partial charge in [0.25, 0.3) is 0 Å². The van der Waals surface area contributed by atoms with Gasteiger partial charge in [-0.2, -0.15) is 0 Å². The van der Waals surface area contributed by atoms with Crippen molar-refractivity contribution in [1.29, 1.82) is 0 Å². The molecule has 160 valence electrons. The Morgan fingerprint density at radius 1 is 1.03 bits per heavy atom. The fraction of sp³-hybridized carbons (Fsp3) is 0.167. The third kappa shape index (κ3) is 3.97. The van der Waals surface area contributed by atoms with Crippen molar-refractivity contribution in [2.24, 2.45) is 0 Å². The molecule has 0 bridgehead atoms. The van der Waals surface area contributed by atoms with Crippen LogP contribution in [0.15, 0.2) is 78.5 Å². The van der Waals surface area contributed by atoms with Crippen molar-refractivity contribution in [3.8, 4) is 22.8 Å². The molecule has 8 heteroatoms. The predicted octanol–water partition coefficient (Wildman–Crippen LogP) is 4.98. The molecule has 0 atom stereocenters. The molecule has 0 aliphatic carbocycles. The summed E-state index contributed by atoms with van der Waals surface area (Å²) in [6, 6.07) is 16.0. The number of benzene rings is 1. The number of rotatable bonds is 7. The number of nitrogens with zero attached hydrogens (tertiary/aromatic N) is 6. The van der Waals surface area contributed by atoms with Gasteiger partial charge in [-0.15, -0.1) is 10.2 Å². The van der Waals surface area contributed by atoms with Crippen molar-refractivity contribution < 1.29 is 4.74 Å². The maximum atomic E-state index is 5.60. The molecule has 0 aliphatic rings. The van der Waals surface area contributed by atoms with Gasteiger partial charge in [0.05, 0.1) is 12.3 Å². The average Bonchev–Trinajstić information content (AvgIpc) is 3.44. The van der Waals surface area contributed by atoms with Gasteiger partial charge in [-0.1, -0.05) is 17.8 Å². The summed E-state index contributed by atoms with van der Waals surface area (Å²) in [5, 5.41) is 9.78. The van der Waals surface area contributed by atoms with E-state index in [4.69, 9.17) is 9.72 Å². The number of hydrogen-bond donors (Lipinski definition) is 0. The van der Waals surface area contributed by atoms with E-state index in [9.17, 15) is 0 Å². The van der Waals surface area contributed by atoms with Crippen LogP contribution in [0.3, 0.4) is 0 Å². The van der Waals surface area contributed by atoms with Gasteiger partial charge < -0.3 is 9.14 Å². The van der Waals surface area contributed by atoms with Crippen molar-refractivity contribution in [3.05, 3.63) is 84.6 Å². The van der Waals surface area contributed by atoms with Crippen molar-refractivity contribution in [2.75, 3.05) is 6.61 Å². The first-order chi connectivity index (χ1) is 15.7. The average molecular weight is 443 g/mol. The van der Waals surface area contributed by atoms with Crippen LogP contribution in [0.2, 0.25) is 0 Å². The SMILES string of the molecule is CCOc1ccc(-n2c(SCc3cn4cccc(C)c4n3)nnc2-c2cccnc2)cc1. The molecular weight excluding hydrogens is 420 g/mol.